The second-order valence-electron chi connectivity index (χ2n) is 5.59. The van der Waals surface area contributed by atoms with Gasteiger partial charge < -0.3 is 9.47 Å². The molecule has 1 aliphatic heterocycles. The Morgan fingerprint density at radius 3 is 2.73 bits per heavy atom. The van der Waals surface area contributed by atoms with Gasteiger partial charge in [-0.2, -0.15) is 0 Å². The molecule has 2 rings (SSSR count). The molecule has 2 atom stereocenters. The van der Waals surface area contributed by atoms with Crippen LogP contribution in [0.3, 0.4) is 0 Å². The quantitative estimate of drug-likeness (QED) is 0.507. The van der Waals surface area contributed by atoms with E-state index >= 15 is 0 Å². The molecule has 22 heavy (non-hydrogen) atoms. The summed E-state index contributed by atoms with van der Waals surface area (Å²) >= 11 is 0. The van der Waals surface area contributed by atoms with Crippen LogP contribution in [-0.2, 0) is 9.47 Å². The fraction of sp³-hybridized carbons (Fsp3) is 0.625. The van der Waals surface area contributed by atoms with Crippen molar-refractivity contribution >= 4 is 0 Å². The van der Waals surface area contributed by atoms with Crippen LogP contribution in [0.1, 0.15) is 38.5 Å². The van der Waals surface area contributed by atoms with Crippen molar-refractivity contribution in [1.82, 2.24) is 0 Å². The van der Waals surface area contributed by atoms with Gasteiger partial charge in [0.05, 0.1) is 6.61 Å². The van der Waals surface area contributed by atoms with Crippen LogP contribution in [0.25, 0.3) is 0 Å². The molecule has 0 amide bonds. The van der Waals surface area contributed by atoms with Gasteiger partial charge in [0.1, 0.15) is 5.83 Å². The minimum Gasteiger partial charge on any atom is -0.353 e. The molecule has 6 heteroatoms. The monoisotopic (exact) mass is 320 g/mol. The third-order valence-electron chi connectivity index (χ3n) is 3.91. The van der Waals surface area contributed by atoms with E-state index in [1.165, 1.54) is 6.08 Å². The second-order valence-corrected chi connectivity index (χ2v) is 5.59. The number of halogens is 4. The standard InChI is InChI=1S/C16H20F4O2/c1-2-3-7-16(20)9-12(17)11(14(18)15(16)19)10-22-13-6-4-5-8-21-13/h2,13H,1,3-10H2. The lowest BCUT2D eigenvalue weighted by Gasteiger charge is -2.29. The highest BCUT2D eigenvalue weighted by atomic mass is 19.2. The first kappa shape index (κ1) is 17.2. The van der Waals surface area contributed by atoms with Crippen LogP contribution in [0.2, 0.25) is 0 Å². The third-order valence-corrected chi connectivity index (χ3v) is 3.91. The van der Waals surface area contributed by atoms with Crippen LogP contribution in [0.4, 0.5) is 17.6 Å². The molecule has 124 valence electrons. The molecule has 1 saturated heterocycles. The Bertz CT molecular complexity index is 481. The third kappa shape index (κ3) is 3.79. The summed E-state index contributed by atoms with van der Waals surface area (Å²) in [6, 6.07) is 0. The highest BCUT2D eigenvalue weighted by molar-refractivity contribution is 5.39. The highest BCUT2D eigenvalue weighted by Crippen LogP contribution is 2.44. The maximum atomic E-state index is 14.4. The molecule has 0 aromatic heterocycles. The van der Waals surface area contributed by atoms with E-state index in [0.717, 1.165) is 12.8 Å². The zero-order chi connectivity index (χ0) is 16.2. The van der Waals surface area contributed by atoms with Gasteiger partial charge in [-0.1, -0.05) is 6.08 Å². The summed E-state index contributed by atoms with van der Waals surface area (Å²) in [5.41, 5.74) is -3.20. The lowest BCUT2D eigenvalue weighted by atomic mass is 9.87. The van der Waals surface area contributed by atoms with Gasteiger partial charge in [0, 0.05) is 18.6 Å². The van der Waals surface area contributed by atoms with Crippen molar-refractivity contribution in [3.63, 3.8) is 0 Å². The number of hydrogen-bond donors (Lipinski definition) is 0. The van der Waals surface area contributed by atoms with Gasteiger partial charge >= 0.3 is 0 Å². The highest BCUT2D eigenvalue weighted by Gasteiger charge is 2.44. The molecule has 0 bridgehead atoms. The topological polar surface area (TPSA) is 18.5 Å². The summed E-state index contributed by atoms with van der Waals surface area (Å²) in [5.74, 6) is -4.06. The summed E-state index contributed by atoms with van der Waals surface area (Å²) < 4.78 is 66.8. The zero-order valence-electron chi connectivity index (χ0n) is 12.3. The fourth-order valence-electron chi connectivity index (χ4n) is 2.57. The van der Waals surface area contributed by atoms with Crippen LogP contribution in [0, 0.1) is 0 Å². The first-order valence-corrected chi connectivity index (χ1v) is 7.44. The van der Waals surface area contributed by atoms with E-state index in [2.05, 4.69) is 6.58 Å². The van der Waals surface area contributed by atoms with Crippen LogP contribution in [0.5, 0.6) is 0 Å². The SMILES string of the molecule is C=CCCC1(F)CC(F)=C(COC2CCCCO2)C(F)=C1F. The van der Waals surface area contributed by atoms with E-state index in [9.17, 15) is 17.6 Å². The number of rotatable bonds is 6. The number of alkyl halides is 1. The molecule has 0 saturated carbocycles. The minimum atomic E-state index is -2.65. The van der Waals surface area contributed by atoms with E-state index in [-0.39, 0.29) is 12.8 Å². The predicted molar refractivity (Wildman–Crippen MR) is 74.8 cm³/mol. The van der Waals surface area contributed by atoms with Gasteiger partial charge in [0.25, 0.3) is 0 Å². The van der Waals surface area contributed by atoms with E-state index in [4.69, 9.17) is 9.47 Å². The molecule has 1 heterocycles. The Morgan fingerprint density at radius 1 is 1.32 bits per heavy atom. The minimum absolute atomic E-state index is 0.131. The van der Waals surface area contributed by atoms with Crippen LogP contribution in [0.15, 0.2) is 35.7 Å². The Morgan fingerprint density at radius 2 is 2.09 bits per heavy atom. The fourth-order valence-corrected chi connectivity index (χ4v) is 2.57. The van der Waals surface area contributed by atoms with Gasteiger partial charge in [0.15, 0.2) is 23.6 Å². The van der Waals surface area contributed by atoms with Crippen molar-refractivity contribution in [3.05, 3.63) is 35.7 Å². The number of allylic oxidation sites excluding steroid dienone is 3. The van der Waals surface area contributed by atoms with Gasteiger partial charge in [0.2, 0.25) is 0 Å². The largest absolute Gasteiger partial charge is 0.353 e. The van der Waals surface area contributed by atoms with Gasteiger partial charge in [-0.3, -0.25) is 0 Å². The summed E-state index contributed by atoms with van der Waals surface area (Å²) in [6.45, 7) is 3.45. The number of hydrogen-bond acceptors (Lipinski definition) is 2. The summed E-state index contributed by atoms with van der Waals surface area (Å²) in [5, 5.41) is 0. The molecular formula is C16H20F4O2. The predicted octanol–water partition coefficient (Wildman–Crippen LogP) is 4.98. The van der Waals surface area contributed by atoms with Crippen molar-refractivity contribution in [3.8, 4) is 0 Å². The van der Waals surface area contributed by atoms with Gasteiger partial charge in [-0.05, 0) is 32.1 Å². The Hall–Kier alpha value is -1.14. The Kier molecular flexibility index (Phi) is 5.81. The Balaban J connectivity index is 2.05. The van der Waals surface area contributed by atoms with Crippen molar-refractivity contribution in [2.45, 2.75) is 50.5 Å². The van der Waals surface area contributed by atoms with E-state index in [1.807, 2.05) is 0 Å². The molecular weight excluding hydrogens is 300 g/mol. The van der Waals surface area contributed by atoms with Crippen molar-refractivity contribution in [2.75, 3.05) is 13.2 Å². The summed E-state index contributed by atoms with van der Waals surface area (Å²) in [7, 11) is 0. The van der Waals surface area contributed by atoms with E-state index in [0.29, 0.717) is 13.0 Å². The normalized spacial score (nSPS) is 29.9. The molecule has 2 aliphatic rings. The molecule has 0 aromatic carbocycles. The maximum Gasteiger partial charge on any atom is 0.174 e. The van der Waals surface area contributed by atoms with E-state index in [1.54, 1.807) is 0 Å². The molecule has 0 aromatic rings. The average molecular weight is 320 g/mol. The molecule has 0 radical (unpaired) electrons. The molecule has 0 spiro atoms. The average Bonchev–Trinajstić information content (AvgIpc) is 2.52. The zero-order valence-corrected chi connectivity index (χ0v) is 12.3. The Labute approximate surface area is 127 Å². The molecule has 1 fully saturated rings. The first-order chi connectivity index (χ1) is 10.5. The molecule has 1 aliphatic carbocycles. The molecule has 0 N–H and O–H groups in total. The number of ether oxygens (including phenoxy) is 2. The lowest BCUT2D eigenvalue weighted by molar-refractivity contribution is -0.157. The van der Waals surface area contributed by atoms with Crippen LogP contribution in [-0.4, -0.2) is 25.2 Å². The molecule has 2 unspecified atom stereocenters. The smallest absolute Gasteiger partial charge is 0.174 e. The van der Waals surface area contributed by atoms with Gasteiger partial charge in [-0.25, -0.2) is 17.6 Å². The molecule has 2 nitrogen and oxygen atoms in total. The summed E-state index contributed by atoms with van der Waals surface area (Å²) in [4.78, 5) is 0. The lowest BCUT2D eigenvalue weighted by Crippen LogP contribution is -2.30. The van der Waals surface area contributed by atoms with Crippen molar-refractivity contribution in [1.29, 1.82) is 0 Å². The first-order valence-electron chi connectivity index (χ1n) is 7.44. The maximum absolute atomic E-state index is 14.4. The van der Waals surface area contributed by atoms with Crippen LogP contribution >= 0.6 is 0 Å². The summed E-state index contributed by atoms with van der Waals surface area (Å²) in [6.07, 6.45) is 2.23. The van der Waals surface area contributed by atoms with Crippen molar-refractivity contribution < 1.29 is 27.0 Å². The van der Waals surface area contributed by atoms with Crippen LogP contribution < -0.4 is 0 Å². The van der Waals surface area contributed by atoms with E-state index < -0.39 is 48.0 Å². The second kappa shape index (κ2) is 7.42. The van der Waals surface area contributed by atoms with Crippen molar-refractivity contribution in [2.24, 2.45) is 0 Å². The van der Waals surface area contributed by atoms with Gasteiger partial charge in [-0.15, -0.1) is 6.58 Å².